The van der Waals surface area contributed by atoms with Gasteiger partial charge in [0.2, 0.25) is 5.91 Å². The van der Waals surface area contributed by atoms with Gasteiger partial charge in [-0.15, -0.1) is 0 Å². The van der Waals surface area contributed by atoms with Crippen molar-refractivity contribution in [3.63, 3.8) is 0 Å². The molecule has 0 aliphatic carbocycles. The van der Waals surface area contributed by atoms with Crippen molar-refractivity contribution in [3.05, 3.63) is 33.8 Å². The quantitative estimate of drug-likeness (QED) is 0.822. The molecule has 26 heavy (non-hydrogen) atoms. The molecule has 0 unspecified atom stereocenters. The van der Waals surface area contributed by atoms with E-state index in [1.807, 2.05) is 11.0 Å². The lowest BCUT2D eigenvalue weighted by Gasteiger charge is -2.32. The third-order valence-electron chi connectivity index (χ3n) is 5.60. The van der Waals surface area contributed by atoms with E-state index in [4.69, 9.17) is 16.0 Å². The molecule has 6 nitrogen and oxygen atoms in total. The van der Waals surface area contributed by atoms with E-state index in [1.54, 1.807) is 16.7 Å². The lowest BCUT2D eigenvalue weighted by atomic mass is 9.93. The summed E-state index contributed by atoms with van der Waals surface area (Å²) in [5.41, 5.74) is 1.29. The van der Waals surface area contributed by atoms with Gasteiger partial charge in [-0.25, -0.2) is 4.79 Å². The summed E-state index contributed by atoms with van der Waals surface area (Å²) in [5.74, 6) is 0.416. The summed E-state index contributed by atoms with van der Waals surface area (Å²) < 4.78 is 6.95. The van der Waals surface area contributed by atoms with E-state index in [9.17, 15) is 9.59 Å². The molecule has 2 fully saturated rings. The molecule has 1 aromatic heterocycles. The van der Waals surface area contributed by atoms with E-state index >= 15 is 0 Å². The molecule has 0 saturated carbocycles. The highest BCUT2D eigenvalue weighted by molar-refractivity contribution is 6.31. The average molecular weight is 378 g/mol. The minimum absolute atomic E-state index is 0.315. The molecule has 2 aliphatic heterocycles. The largest absolute Gasteiger partial charge is 0.421 e. The minimum atomic E-state index is -0.353. The molecule has 1 amide bonds. The Hall–Kier alpha value is -1.79. The van der Waals surface area contributed by atoms with E-state index in [1.165, 1.54) is 0 Å². The predicted octanol–water partition coefficient (Wildman–Crippen LogP) is 2.93. The van der Waals surface area contributed by atoms with Crippen LogP contribution < -0.4 is 5.76 Å². The number of halogens is 1. The van der Waals surface area contributed by atoms with Crippen LogP contribution >= 0.6 is 11.6 Å². The summed E-state index contributed by atoms with van der Waals surface area (Å²) in [4.78, 5) is 28.7. The number of nitrogens with zero attached hydrogens (tertiary/aromatic N) is 3. The molecular weight excluding hydrogens is 354 g/mol. The molecule has 0 bridgehead atoms. The second kappa shape index (κ2) is 7.45. The van der Waals surface area contributed by atoms with Gasteiger partial charge in [-0.05, 0) is 43.7 Å². The molecule has 4 rings (SSSR count). The fraction of sp³-hybridized carbons (Fsp3) is 0.579. The highest BCUT2D eigenvalue weighted by Gasteiger charge is 2.25. The fourth-order valence-electron chi connectivity index (χ4n) is 4.05. The molecule has 0 atom stereocenters. The van der Waals surface area contributed by atoms with Gasteiger partial charge in [-0.1, -0.05) is 11.6 Å². The lowest BCUT2D eigenvalue weighted by Crippen LogP contribution is -2.38. The standard InChI is InChI=1S/C19H24ClN3O3/c20-15-3-4-16-17(12-15)26-19(25)23(16)13-21-9-5-14(6-10-21)11-18(24)22-7-1-2-8-22/h3-4,12,14H,1-2,5-11,13H2. The van der Waals surface area contributed by atoms with E-state index in [-0.39, 0.29) is 5.76 Å². The first-order valence-electron chi connectivity index (χ1n) is 9.39. The molecule has 0 spiro atoms. The second-order valence-corrected chi connectivity index (χ2v) is 7.84. The maximum absolute atomic E-state index is 12.3. The SMILES string of the molecule is O=C(CC1CCN(Cn2c(=O)oc3cc(Cl)ccc32)CC1)N1CCCC1. The molecule has 7 heteroatoms. The third kappa shape index (κ3) is 3.67. The smallest absolute Gasteiger partial charge is 0.408 e. The summed E-state index contributed by atoms with van der Waals surface area (Å²) in [5, 5.41) is 0.557. The monoisotopic (exact) mass is 377 g/mol. The Morgan fingerprint density at radius 3 is 2.62 bits per heavy atom. The van der Waals surface area contributed by atoms with Crippen LogP contribution in [0.1, 0.15) is 32.1 Å². The zero-order chi connectivity index (χ0) is 18.1. The van der Waals surface area contributed by atoms with Crippen molar-refractivity contribution >= 4 is 28.6 Å². The molecule has 2 aromatic rings. The zero-order valence-corrected chi connectivity index (χ0v) is 15.6. The number of amides is 1. The van der Waals surface area contributed by atoms with E-state index < -0.39 is 0 Å². The van der Waals surface area contributed by atoms with Gasteiger partial charge in [0.05, 0.1) is 12.2 Å². The van der Waals surface area contributed by atoms with Crippen LogP contribution in [0.5, 0.6) is 0 Å². The summed E-state index contributed by atoms with van der Waals surface area (Å²) in [6, 6.07) is 5.26. The van der Waals surface area contributed by atoms with Crippen LogP contribution in [0.15, 0.2) is 27.4 Å². The zero-order valence-electron chi connectivity index (χ0n) is 14.8. The van der Waals surface area contributed by atoms with Gasteiger partial charge in [-0.2, -0.15) is 0 Å². The number of carbonyl (C=O) groups excluding carboxylic acids is 1. The van der Waals surface area contributed by atoms with E-state index in [0.29, 0.717) is 35.5 Å². The number of oxazole rings is 1. The normalized spacial score (nSPS) is 19.5. The Morgan fingerprint density at radius 2 is 1.88 bits per heavy atom. The highest BCUT2D eigenvalue weighted by Crippen LogP contribution is 2.24. The fourth-order valence-corrected chi connectivity index (χ4v) is 4.21. The third-order valence-corrected chi connectivity index (χ3v) is 5.84. The Balaban J connectivity index is 1.35. The summed E-state index contributed by atoms with van der Waals surface area (Å²) >= 11 is 5.96. The molecule has 1 aromatic carbocycles. The number of aromatic nitrogens is 1. The Labute approximate surface area is 157 Å². The van der Waals surface area contributed by atoms with Gasteiger partial charge in [0.15, 0.2) is 5.58 Å². The molecule has 3 heterocycles. The maximum atomic E-state index is 12.3. The van der Waals surface area contributed by atoms with E-state index in [2.05, 4.69) is 4.90 Å². The predicted molar refractivity (Wildman–Crippen MR) is 100 cm³/mol. The van der Waals surface area contributed by atoms with Gasteiger partial charge in [0, 0.05) is 43.7 Å². The van der Waals surface area contributed by atoms with Crippen LogP contribution in [0.25, 0.3) is 11.1 Å². The first kappa shape index (κ1) is 17.6. The minimum Gasteiger partial charge on any atom is -0.408 e. The van der Waals surface area contributed by atoms with Crippen LogP contribution in [-0.2, 0) is 11.5 Å². The number of fused-ring (bicyclic) bond motifs is 1. The van der Waals surface area contributed by atoms with Crippen LogP contribution in [0.3, 0.4) is 0 Å². The molecule has 0 N–H and O–H groups in total. The van der Waals surface area contributed by atoms with Crippen molar-refractivity contribution in [1.82, 2.24) is 14.4 Å². The van der Waals surface area contributed by atoms with Crippen LogP contribution in [0.4, 0.5) is 0 Å². The average Bonchev–Trinajstić information content (AvgIpc) is 3.25. The van der Waals surface area contributed by atoms with Crippen LogP contribution in [-0.4, -0.2) is 46.5 Å². The number of likely N-dealkylation sites (tertiary alicyclic amines) is 2. The van der Waals surface area contributed by atoms with Gasteiger partial charge in [0.25, 0.3) is 0 Å². The number of hydrogen-bond acceptors (Lipinski definition) is 4. The van der Waals surface area contributed by atoms with Crippen molar-refractivity contribution in [2.75, 3.05) is 26.2 Å². The topological polar surface area (TPSA) is 58.7 Å². The van der Waals surface area contributed by atoms with Gasteiger partial charge >= 0.3 is 5.76 Å². The molecule has 0 radical (unpaired) electrons. The molecule has 2 saturated heterocycles. The first-order chi connectivity index (χ1) is 12.6. The highest BCUT2D eigenvalue weighted by atomic mass is 35.5. The number of benzene rings is 1. The molecule has 140 valence electrons. The number of hydrogen-bond donors (Lipinski definition) is 0. The number of carbonyl (C=O) groups is 1. The second-order valence-electron chi connectivity index (χ2n) is 7.40. The van der Waals surface area contributed by atoms with Crippen LogP contribution in [0.2, 0.25) is 5.02 Å². The summed E-state index contributed by atoms with van der Waals surface area (Å²) in [7, 11) is 0. The van der Waals surface area contributed by atoms with Gasteiger partial charge in [-0.3, -0.25) is 14.3 Å². The Kier molecular flexibility index (Phi) is 5.05. The van der Waals surface area contributed by atoms with Crippen molar-refractivity contribution < 1.29 is 9.21 Å². The van der Waals surface area contributed by atoms with Crippen molar-refractivity contribution in [2.45, 2.75) is 38.8 Å². The summed E-state index contributed by atoms with van der Waals surface area (Å²) in [6.45, 7) is 4.16. The number of piperidine rings is 1. The lowest BCUT2D eigenvalue weighted by molar-refractivity contribution is -0.131. The van der Waals surface area contributed by atoms with Crippen molar-refractivity contribution in [1.29, 1.82) is 0 Å². The number of rotatable bonds is 4. The summed E-state index contributed by atoms with van der Waals surface area (Å²) in [6.07, 6.45) is 4.94. The Morgan fingerprint density at radius 1 is 1.15 bits per heavy atom. The van der Waals surface area contributed by atoms with Crippen molar-refractivity contribution in [3.8, 4) is 0 Å². The van der Waals surface area contributed by atoms with Crippen molar-refractivity contribution in [2.24, 2.45) is 5.92 Å². The Bertz CT molecular complexity index is 845. The molecular formula is C19H24ClN3O3. The van der Waals surface area contributed by atoms with Crippen LogP contribution in [0, 0.1) is 5.92 Å². The maximum Gasteiger partial charge on any atom is 0.421 e. The molecule has 2 aliphatic rings. The van der Waals surface area contributed by atoms with E-state index in [0.717, 1.165) is 57.4 Å². The van der Waals surface area contributed by atoms with Gasteiger partial charge in [0.1, 0.15) is 0 Å². The first-order valence-corrected chi connectivity index (χ1v) is 9.77. The van der Waals surface area contributed by atoms with Gasteiger partial charge < -0.3 is 9.32 Å².